The van der Waals surface area contributed by atoms with Crippen molar-refractivity contribution in [1.29, 1.82) is 0 Å². The quantitative estimate of drug-likeness (QED) is 0.822. The highest BCUT2D eigenvalue weighted by molar-refractivity contribution is 7.89. The lowest BCUT2D eigenvalue weighted by Gasteiger charge is -2.19. The van der Waals surface area contributed by atoms with Crippen LogP contribution < -0.4 is 5.32 Å². The predicted octanol–water partition coefficient (Wildman–Crippen LogP) is 1.33. The van der Waals surface area contributed by atoms with E-state index >= 15 is 0 Å². The standard InChI is InChI=1S/C14H22N2O4S/c1-16(10-13-3-2-8-19-13)21(17,18)14-7-6-12(20-14)9-15-11-4-5-11/h6-7,11,13,15H,2-5,8-10H2,1H3. The summed E-state index contributed by atoms with van der Waals surface area (Å²) in [5.41, 5.74) is 0. The van der Waals surface area contributed by atoms with Crippen molar-refractivity contribution in [2.24, 2.45) is 0 Å². The third-order valence-electron chi connectivity index (χ3n) is 3.93. The number of hydrogen-bond acceptors (Lipinski definition) is 5. The minimum Gasteiger partial charge on any atom is -0.447 e. The molecule has 0 radical (unpaired) electrons. The van der Waals surface area contributed by atoms with E-state index in [0.29, 0.717) is 24.9 Å². The third kappa shape index (κ3) is 3.66. The first kappa shape index (κ1) is 15.0. The van der Waals surface area contributed by atoms with Gasteiger partial charge in [-0.05, 0) is 37.8 Å². The zero-order chi connectivity index (χ0) is 14.9. The summed E-state index contributed by atoms with van der Waals surface area (Å²) < 4.78 is 37.2. The van der Waals surface area contributed by atoms with Gasteiger partial charge in [0.2, 0.25) is 5.09 Å². The second-order valence-corrected chi connectivity index (χ2v) is 7.77. The topological polar surface area (TPSA) is 71.8 Å². The zero-order valence-electron chi connectivity index (χ0n) is 12.2. The van der Waals surface area contributed by atoms with Crippen molar-refractivity contribution in [3.05, 3.63) is 17.9 Å². The van der Waals surface area contributed by atoms with E-state index in [1.54, 1.807) is 13.1 Å². The first-order chi connectivity index (χ1) is 10.1. The number of rotatable bonds is 7. The van der Waals surface area contributed by atoms with Gasteiger partial charge in [-0.3, -0.25) is 0 Å². The summed E-state index contributed by atoms with van der Waals surface area (Å²) in [5, 5.41) is 3.31. The van der Waals surface area contributed by atoms with Gasteiger partial charge in [0.1, 0.15) is 5.76 Å². The lowest BCUT2D eigenvalue weighted by molar-refractivity contribution is 0.0975. The third-order valence-corrected chi connectivity index (χ3v) is 5.63. The molecule has 2 aliphatic rings. The van der Waals surface area contributed by atoms with Crippen LogP contribution in [-0.2, 0) is 21.3 Å². The molecular weight excluding hydrogens is 292 g/mol. The molecule has 1 N–H and O–H groups in total. The number of furan rings is 1. The van der Waals surface area contributed by atoms with Crippen LogP contribution >= 0.6 is 0 Å². The number of ether oxygens (including phenoxy) is 1. The SMILES string of the molecule is CN(CC1CCCO1)S(=O)(=O)c1ccc(CNC2CC2)o1. The Morgan fingerprint density at radius 1 is 1.33 bits per heavy atom. The molecule has 1 aliphatic carbocycles. The van der Waals surface area contributed by atoms with Crippen molar-refractivity contribution >= 4 is 10.0 Å². The van der Waals surface area contributed by atoms with Crippen molar-refractivity contribution in [2.75, 3.05) is 20.2 Å². The Bertz CT molecular complexity index is 574. The normalized spacial score (nSPS) is 23.0. The Hall–Kier alpha value is -0.890. The first-order valence-corrected chi connectivity index (χ1v) is 8.90. The fourth-order valence-electron chi connectivity index (χ4n) is 2.45. The van der Waals surface area contributed by atoms with Gasteiger partial charge in [0.05, 0.1) is 12.6 Å². The van der Waals surface area contributed by atoms with Gasteiger partial charge in [-0.2, -0.15) is 4.31 Å². The monoisotopic (exact) mass is 314 g/mol. The van der Waals surface area contributed by atoms with Gasteiger partial charge in [-0.25, -0.2) is 8.42 Å². The highest BCUT2D eigenvalue weighted by Gasteiger charge is 2.28. The van der Waals surface area contributed by atoms with Gasteiger partial charge in [-0.15, -0.1) is 0 Å². The number of nitrogens with one attached hydrogen (secondary N) is 1. The van der Waals surface area contributed by atoms with Crippen LogP contribution in [0.2, 0.25) is 0 Å². The van der Waals surface area contributed by atoms with E-state index in [1.165, 1.54) is 23.2 Å². The summed E-state index contributed by atoms with van der Waals surface area (Å²) in [6.45, 7) is 1.67. The van der Waals surface area contributed by atoms with E-state index in [2.05, 4.69) is 5.32 Å². The molecule has 1 atom stereocenters. The Kier molecular flexibility index (Phi) is 4.35. The molecule has 118 valence electrons. The lowest BCUT2D eigenvalue weighted by Crippen LogP contribution is -2.33. The van der Waals surface area contributed by atoms with E-state index in [4.69, 9.17) is 9.15 Å². The molecule has 1 saturated carbocycles. The molecule has 0 bridgehead atoms. The molecule has 2 heterocycles. The van der Waals surface area contributed by atoms with E-state index in [9.17, 15) is 8.42 Å². The van der Waals surface area contributed by atoms with Gasteiger partial charge < -0.3 is 14.5 Å². The molecule has 0 spiro atoms. The molecule has 7 heteroatoms. The Balaban J connectivity index is 1.62. The summed E-state index contributed by atoms with van der Waals surface area (Å²) in [7, 11) is -2.00. The summed E-state index contributed by atoms with van der Waals surface area (Å²) >= 11 is 0. The van der Waals surface area contributed by atoms with Gasteiger partial charge in [0.25, 0.3) is 10.0 Å². The summed E-state index contributed by atoms with van der Waals surface area (Å²) in [6, 6.07) is 3.82. The fourth-order valence-corrected chi connectivity index (χ4v) is 3.57. The van der Waals surface area contributed by atoms with Crippen LogP contribution in [0, 0.1) is 0 Å². The Morgan fingerprint density at radius 2 is 2.14 bits per heavy atom. The summed E-state index contributed by atoms with van der Waals surface area (Å²) in [6.07, 6.45) is 4.28. The molecule has 2 fully saturated rings. The average molecular weight is 314 g/mol. The second-order valence-electron chi connectivity index (χ2n) is 5.80. The minimum absolute atomic E-state index is 0.00394. The summed E-state index contributed by atoms with van der Waals surface area (Å²) in [4.78, 5) is 0. The van der Waals surface area contributed by atoms with Crippen molar-refractivity contribution in [3.63, 3.8) is 0 Å². The number of nitrogens with zero attached hydrogens (tertiary/aromatic N) is 1. The van der Waals surface area contributed by atoms with Crippen LogP contribution in [0.25, 0.3) is 0 Å². The molecule has 3 rings (SSSR count). The Morgan fingerprint density at radius 3 is 2.81 bits per heavy atom. The zero-order valence-corrected chi connectivity index (χ0v) is 13.1. The van der Waals surface area contributed by atoms with Crippen LogP contribution in [0.4, 0.5) is 0 Å². The maximum Gasteiger partial charge on any atom is 0.276 e. The molecule has 1 unspecified atom stereocenters. The molecule has 1 aromatic rings. The van der Waals surface area contributed by atoms with Gasteiger partial charge in [-0.1, -0.05) is 0 Å². The van der Waals surface area contributed by atoms with E-state index in [-0.39, 0.29) is 11.2 Å². The number of sulfonamides is 1. The van der Waals surface area contributed by atoms with Crippen LogP contribution in [0.15, 0.2) is 21.6 Å². The second kappa shape index (κ2) is 6.08. The van der Waals surface area contributed by atoms with Crippen molar-refractivity contribution < 1.29 is 17.6 Å². The van der Waals surface area contributed by atoms with Gasteiger partial charge >= 0.3 is 0 Å². The van der Waals surface area contributed by atoms with Crippen LogP contribution in [0.1, 0.15) is 31.4 Å². The molecular formula is C14H22N2O4S. The summed E-state index contributed by atoms with van der Waals surface area (Å²) in [5.74, 6) is 0.658. The fraction of sp³-hybridized carbons (Fsp3) is 0.714. The average Bonchev–Trinajstić information content (AvgIpc) is 2.93. The minimum atomic E-state index is -3.57. The van der Waals surface area contributed by atoms with E-state index in [0.717, 1.165) is 19.4 Å². The number of hydrogen-bond donors (Lipinski definition) is 1. The van der Waals surface area contributed by atoms with Gasteiger partial charge in [0.15, 0.2) is 0 Å². The van der Waals surface area contributed by atoms with Crippen molar-refractivity contribution in [2.45, 2.75) is 49.5 Å². The van der Waals surface area contributed by atoms with Gasteiger partial charge in [0, 0.05) is 26.2 Å². The lowest BCUT2D eigenvalue weighted by atomic mass is 10.2. The highest BCUT2D eigenvalue weighted by atomic mass is 32.2. The van der Waals surface area contributed by atoms with Crippen molar-refractivity contribution in [1.82, 2.24) is 9.62 Å². The Labute approximate surface area is 125 Å². The maximum absolute atomic E-state index is 12.4. The van der Waals surface area contributed by atoms with E-state index < -0.39 is 10.0 Å². The van der Waals surface area contributed by atoms with Crippen LogP contribution in [0.5, 0.6) is 0 Å². The molecule has 6 nitrogen and oxygen atoms in total. The largest absolute Gasteiger partial charge is 0.447 e. The predicted molar refractivity (Wildman–Crippen MR) is 77.4 cm³/mol. The smallest absolute Gasteiger partial charge is 0.276 e. The van der Waals surface area contributed by atoms with Crippen molar-refractivity contribution in [3.8, 4) is 0 Å². The molecule has 21 heavy (non-hydrogen) atoms. The highest BCUT2D eigenvalue weighted by Crippen LogP contribution is 2.22. The molecule has 1 aromatic heterocycles. The molecule has 1 saturated heterocycles. The first-order valence-electron chi connectivity index (χ1n) is 7.46. The molecule has 0 aromatic carbocycles. The number of likely N-dealkylation sites (N-methyl/N-ethyl adjacent to an activating group) is 1. The van der Waals surface area contributed by atoms with Crippen LogP contribution in [0.3, 0.4) is 0 Å². The molecule has 1 aliphatic heterocycles. The van der Waals surface area contributed by atoms with Crippen LogP contribution in [-0.4, -0.2) is 45.1 Å². The van der Waals surface area contributed by atoms with E-state index in [1.807, 2.05) is 0 Å². The maximum atomic E-state index is 12.4. The molecule has 0 amide bonds.